The second kappa shape index (κ2) is 10.1. The molecule has 1 aliphatic carbocycles. The molecular weight excluding hydrogens is 444 g/mol. The fourth-order valence-electron chi connectivity index (χ4n) is 4.70. The lowest BCUT2D eigenvalue weighted by Gasteiger charge is -2.31. The molecule has 9 heteroatoms. The van der Waals surface area contributed by atoms with Gasteiger partial charge in [-0.1, -0.05) is 18.2 Å². The Hall–Kier alpha value is -2.62. The zero-order chi connectivity index (χ0) is 23.4. The van der Waals surface area contributed by atoms with E-state index in [-0.39, 0.29) is 28.7 Å². The topological polar surface area (TPSA) is 94.2 Å². The molecule has 0 spiro atoms. The van der Waals surface area contributed by atoms with Crippen LogP contribution in [0.15, 0.2) is 53.4 Å². The minimum absolute atomic E-state index is 0.0576. The predicted molar refractivity (Wildman–Crippen MR) is 123 cm³/mol. The van der Waals surface area contributed by atoms with Crippen LogP contribution in [0.1, 0.15) is 24.3 Å². The van der Waals surface area contributed by atoms with Crippen molar-refractivity contribution in [2.45, 2.75) is 29.7 Å². The number of morpholine rings is 1. The van der Waals surface area contributed by atoms with Gasteiger partial charge in [-0.2, -0.15) is 0 Å². The van der Waals surface area contributed by atoms with E-state index in [0.717, 1.165) is 11.3 Å². The number of carbonyl (C=O) groups is 1. The zero-order valence-electron chi connectivity index (χ0n) is 18.9. The summed E-state index contributed by atoms with van der Waals surface area (Å²) in [4.78, 5) is 15.4. The van der Waals surface area contributed by atoms with Crippen LogP contribution in [0.2, 0.25) is 0 Å². The van der Waals surface area contributed by atoms with E-state index in [1.54, 1.807) is 19.2 Å². The maximum atomic E-state index is 13.4. The molecule has 1 aliphatic heterocycles. The van der Waals surface area contributed by atoms with E-state index in [1.165, 1.54) is 19.2 Å². The largest absolute Gasteiger partial charge is 0.497 e. The summed E-state index contributed by atoms with van der Waals surface area (Å²) in [5.74, 6) is 0.866. The van der Waals surface area contributed by atoms with E-state index in [4.69, 9.17) is 14.2 Å². The van der Waals surface area contributed by atoms with Gasteiger partial charge >= 0.3 is 0 Å². The molecule has 178 valence electrons. The van der Waals surface area contributed by atoms with Crippen LogP contribution >= 0.6 is 0 Å². The lowest BCUT2D eigenvalue weighted by Crippen LogP contribution is -2.44. The van der Waals surface area contributed by atoms with Crippen LogP contribution in [0, 0.1) is 5.92 Å². The first kappa shape index (κ1) is 23.5. The van der Waals surface area contributed by atoms with Crippen molar-refractivity contribution < 1.29 is 27.4 Å². The van der Waals surface area contributed by atoms with Crippen molar-refractivity contribution in [3.63, 3.8) is 0 Å². The second-order valence-corrected chi connectivity index (χ2v) is 10.1. The van der Waals surface area contributed by atoms with Gasteiger partial charge in [0.1, 0.15) is 11.5 Å². The van der Waals surface area contributed by atoms with Crippen molar-refractivity contribution in [1.82, 2.24) is 9.62 Å². The Morgan fingerprint density at radius 3 is 2.36 bits per heavy atom. The van der Waals surface area contributed by atoms with E-state index in [2.05, 4.69) is 4.72 Å². The normalized spacial score (nSPS) is 23.3. The summed E-state index contributed by atoms with van der Waals surface area (Å²) in [6.07, 6.45) is 0.979. The molecule has 1 saturated heterocycles. The van der Waals surface area contributed by atoms with Gasteiger partial charge in [0, 0.05) is 31.1 Å². The Balaban J connectivity index is 1.57. The van der Waals surface area contributed by atoms with Crippen molar-refractivity contribution >= 4 is 15.9 Å². The fourth-order valence-corrected chi connectivity index (χ4v) is 6.00. The number of sulfonamides is 1. The van der Waals surface area contributed by atoms with E-state index in [1.807, 2.05) is 29.2 Å². The highest BCUT2D eigenvalue weighted by Crippen LogP contribution is 2.42. The first-order valence-electron chi connectivity index (χ1n) is 11.1. The summed E-state index contributed by atoms with van der Waals surface area (Å²) in [6, 6.07) is 13.7. The molecule has 2 aliphatic rings. The van der Waals surface area contributed by atoms with Gasteiger partial charge in [0.2, 0.25) is 15.9 Å². The van der Waals surface area contributed by atoms with Crippen LogP contribution in [-0.2, 0) is 19.6 Å². The smallest absolute Gasteiger partial charge is 0.240 e. The van der Waals surface area contributed by atoms with Gasteiger partial charge in [0.05, 0.1) is 32.3 Å². The average Bonchev–Trinajstić information content (AvgIpc) is 3.27. The van der Waals surface area contributed by atoms with Crippen LogP contribution < -0.4 is 14.2 Å². The summed E-state index contributed by atoms with van der Waals surface area (Å²) in [6.45, 7) is 2.17. The molecule has 4 rings (SSSR count). The number of amides is 1. The van der Waals surface area contributed by atoms with E-state index >= 15 is 0 Å². The standard InChI is InChI=1S/C24H30N2O6S/c1-30-19-8-6-17(7-9-19)22-14-18(15-23(22)24(27)26-10-12-32-13-11-26)25-33(28,29)21-5-3-4-20(16-21)31-2/h3-9,16,18,22-23,25H,10-15H2,1-2H3/t18-,22+,23-/m0/s1. The molecule has 0 unspecified atom stereocenters. The van der Waals surface area contributed by atoms with Gasteiger partial charge in [-0.15, -0.1) is 0 Å². The van der Waals surface area contributed by atoms with Crippen molar-refractivity contribution in [3.05, 3.63) is 54.1 Å². The lowest BCUT2D eigenvalue weighted by atomic mass is 9.88. The van der Waals surface area contributed by atoms with Crippen molar-refractivity contribution in [3.8, 4) is 11.5 Å². The monoisotopic (exact) mass is 474 g/mol. The number of nitrogens with zero attached hydrogens (tertiary/aromatic N) is 1. The minimum atomic E-state index is -3.76. The van der Waals surface area contributed by atoms with Crippen molar-refractivity contribution in [1.29, 1.82) is 0 Å². The predicted octanol–water partition coefficient (Wildman–Crippen LogP) is 2.40. The Labute approximate surface area is 194 Å². The molecule has 1 heterocycles. The average molecular weight is 475 g/mol. The molecule has 0 bridgehead atoms. The third kappa shape index (κ3) is 5.31. The lowest BCUT2D eigenvalue weighted by molar-refractivity contribution is -0.140. The summed E-state index contributed by atoms with van der Waals surface area (Å²) in [5.41, 5.74) is 1.01. The SMILES string of the molecule is COc1ccc([C@H]2C[C@H](NS(=O)(=O)c3cccc(OC)c3)C[C@@H]2C(=O)N2CCOCC2)cc1. The number of hydrogen-bond donors (Lipinski definition) is 1. The highest BCUT2D eigenvalue weighted by atomic mass is 32.2. The van der Waals surface area contributed by atoms with Gasteiger partial charge in [-0.3, -0.25) is 4.79 Å². The first-order valence-corrected chi connectivity index (χ1v) is 12.6. The molecule has 3 atom stereocenters. The van der Waals surface area contributed by atoms with Gasteiger partial charge in [0.15, 0.2) is 0 Å². The number of carbonyl (C=O) groups excluding carboxylic acids is 1. The van der Waals surface area contributed by atoms with E-state index in [0.29, 0.717) is 44.9 Å². The zero-order valence-corrected chi connectivity index (χ0v) is 19.7. The summed E-state index contributed by atoms with van der Waals surface area (Å²) >= 11 is 0. The Morgan fingerprint density at radius 1 is 1.00 bits per heavy atom. The molecule has 1 amide bonds. The molecular formula is C24H30N2O6S. The van der Waals surface area contributed by atoms with Crippen LogP contribution in [-0.4, -0.2) is 65.8 Å². The molecule has 33 heavy (non-hydrogen) atoms. The molecule has 2 aromatic carbocycles. The number of benzene rings is 2. The molecule has 2 fully saturated rings. The third-order valence-electron chi connectivity index (χ3n) is 6.42. The van der Waals surface area contributed by atoms with E-state index < -0.39 is 10.0 Å². The molecule has 2 aromatic rings. The number of ether oxygens (including phenoxy) is 3. The number of nitrogens with one attached hydrogen (secondary N) is 1. The van der Waals surface area contributed by atoms with Crippen molar-refractivity contribution in [2.24, 2.45) is 5.92 Å². The van der Waals surface area contributed by atoms with Crippen LogP contribution in [0.5, 0.6) is 11.5 Å². The Morgan fingerprint density at radius 2 is 1.70 bits per heavy atom. The third-order valence-corrected chi connectivity index (χ3v) is 7.94. The maximum Gasteiger partial charge on any atom is 0.240 e. The van der Waals surface area contributed by atoms with Gasteiger partial charge in [-0.05, 0) is 48.6 Å². The summed E-state index contributed by atoms with van der Waals surface area (Å²) in [5, 5.41) is 0. The van der Waals surface area contributed by atoms with Crippen LogP contribution in [0.4, 0.5) is 0 Å². The molecule has 1 N–H and O–H groups in total. The molecule has 0 aromatic heterocycles. The number of hydrogen-bond acceptors (Lipinski definition) is 6. The Kier molecular flexibility index (Phi) is 7.21. The summed E-state index contributed by atoms with van der Waals surface area (Å²) < 4.78 is 44.8. The van der Waals surface area contributed by atoms with Gasteiger partial charge < -0.3 is 19.1 Å². The molecule has 1 saturated carbocycles. The fraction of sp³-hybridized carbons (Fsp3) is 0.458. The number of rotatable bonds is 7. The van der Waals surface area contributed by atoms with Gasteiger partial charge in [-0.25, -0.2) is 13.1 Å². The highest BCUT2D eigenvalue weighted by Gasteiger charge is 2.42. The maximum absolute atomic E-state index is 13.4. The second-order valence-electron chi connectivity index (χ2n) is 8.39. The summed E-state index contributed by atoms with van der Waals surface area (Å²) in [7, 11) is -0.654. The Bertz CT molecular complexity index is 1070. The molecule has 0 radical (unpaired) electrons. The highest BCUT2D eigenvalue weighted by molar-refractivity contribution is 7.89. The number of methoxy groups -OCH3 is 2. The van der Waals surface area contributed by atoms with Gasteiger partial charge in [0.25, 0.3) is 0 Å². The van der Waals surface area contributed by atoms with Crippen LogP contribution in [0.25, 0.3) is 0 Å². The molecule has 8 nitrogen and oxygen atoms in total. The minimum Gasteiger partial charge on any atom is -0.497 e. The van der Waals surface area contributed by atoms with Crippen molar-refractivity contribution in [2.75, 3.05) is 40.5 Å². The first-order chi connectivity index (χ1) is 15.9. The van der Waals surface area contributed by atoms with E-state index in [9.17, 15) is 13.2 Å². The van der Waals surface area contributed by atoms with Crippen LogP contribution in [0.3, 0.4) is 0 Å². The quantitative estimate of drug-likeness (QED) is 0.662.